The highest BCUT2D eigenvalue weighted by molar-refractivity contribution is 7.80. The fourth-order valence-electron chi connectivity index (χ4n) is 3.93. The Kier molecular flexibility index (Phi) is 10.3. The van der Waals surface area contributed by atoms with Gasteiger partial charge < -0.3 is 20.3 Å². The first-order valence-electron chi connectivity index (χ1n) is 11.5. The van der Waals surface area contributed by atoms with E-state index in [-0.39, 0.29) is 24.2 Å². The first-order chi connectivity index (χ1) is 15.7. The Bertz CT molecular complexity index is 804. The molecule has 1 aliphatic carbocycles. The van der Waals surface area contributed by atoms with E-state index in [1.54, 1.807) is 26.8 Å². The summed E-state index contributed by atoms with van der Waals surface area (Å²) in [5.41, 5.74) is -0.0159. The molecule has 1 aromatic carbocycles. The summed E-state index contributed by atoms with van der Waals surface area (Å²) in [5.74, 6) is -0.612. The van der Waals surface area contributed by atoms with Crippen LogP contribution in [0.5, 0.6) is 0 Å². The second kappa shape index (κ2) is 12.7. The lowest BCUT2D eigenvalue weighted by atomic mass is 9.94. The smallest absolute Gasteiger partial charge is 0.408 e. The molecule has 3 amide bonds. The summed E-state index contributed by atoms with van der Waals surface area (Å²) in [7, 11) is 0. The van der Waals surface area contributed by atoms with Crippen molar-refractivity contribution in [2.45, 2.75) is 76.6 Å². The number of nitrogens with one attached hydrogen (secondary N) is 2. The van der Waals surface area contributed by atoms with Crippen LogP contribution in [0.4, 0.5) is 4.79 Å². The average molecular weight is 476 g/mol. The van der Waals surface area contributed by atoms with Crippen molar-refractivity contribution in [2.24, 2.45) is 0 Å². The molecule has 2 rings (SSSR count). The molecule has 1 aromatic rings. The van der Waals surface area contributed by atoms with E-state index >= 15 is 0 Å². The van der Waals surface area contributed by atoms with Crippen LogP contribution in [-0.4, -0.2) is 52.8 Å². The van der Waals surface area contributed by atoms with Crippen molar-refractivity contribution >= 4 is 30.5 Å². The summed E-state index contributed by atoms with van der Waals surface area (Å²) in [6, 6.07) is 7.46. The van der Waals surface area contributed by atoms with Gasteiger partial charge in [0, 0.05) is 18.3 Å². The minimum atomic E-state index is -0.961. The highest BCUT2D eigenvalue weighted by Gasteiger charge is 2.36. The van der Waals surface area contributed by atoms with Gasteiger partial charge in [-0.1, -0.05) is 55.7 Å². The van der Waals surface area contributed by atoms with Crippen LogP contribution in [0.1, 0.15) is 64.5 Å². The molecule has 0 radical (unpaired) electrons. The number of rotatable bonds is 9. The molecule has 7 nitrogen and oxygen atoms in total. The number of hydrogen-bond donors (Lipinski definition) is 3. The van der Waals surface area contributed by atoms with Gasteiger partial charge in [0.25, 0.3) is 0 Å². The maximum atomic E-state index is 13.6. The van der Waals surface area contributed by atoms with Crippen molar-refractivity contribution in [3.63, 3.8) is 0 Å². The van der Waals surface area contributed by atoms with Crippen molar-refractivity contribution in [1.29, 1.82) is 0 Å². The van der Waals surface area contributed by atoms with Gasteiger partial charge in [-0.3, -0.25) is 9.59 Å². The molecule has 0 saturated heterocycles. The van der Waals surface area contributed by atoms with Crippen LogP contribution in [0.15, 0.2) is 43.0 Å². The zero-order valence-electron chi connectivity index (χ0n) is 19.9. The van der Waals surface area contributed by atoms with E-state index in [1.807, 2.05) is 30.3 Å². The molecule has 2 atom stereocenters. The van der Waals surface area contributed by atoms with E-state index in [0.29, 0.717) is 5.56 Å². The highest BCUT2D eigenvalue weighted by atomic mass is 32.1. The third-order valence-corrected chi connectivity index (χ3v) is 5.77. The molecule has 0 spiro atoms. The Balaban J connectivity index is 2.30. The molecule has 8 heteroatoms. The van der Waals surface area contributed by atoms with E-state index < -0.39 is 29.7 Å². The number of amides is 3. The number of nitrogens with zero attached hydrogens (tertiary/aromatic N) is 1. The van der Waals surface area contributed by atoms with Gasteiger partial charge in [-0.15, -0.1) is 6.58 Å². The number of hydrogen-bond acceptors (Lipinski definition) is 5. The topological polar surface area (TPSA) is 87.7 Å². The maximum Gasteiger partial charge on any atom is 0.408 e. The van der Waals surface area contributed by atoms with Crippen LogP contribution in [-0.2, 0) is 14.3 Å². The summed E-state index contributed by atoms with van der Waals surface area (Å²) in [5, 5.41) is 5.74. The number of alkyl carbamates (subject to hydrolysis) is 1. The molecule has 1 fully saturated rings. The molecule has 2 unspecified atom stereocenters. The van der Waals surface area contributed by atoms with Gasteiger partial charge in [0.1, 0.15) is 17.7 Å². The third-order valence-electron chi connectivity index (χ3n) is 5.41. The normalized spacial score (nSPS) is 16.2. The van der Waals surface area contributed by atoms with Gasteiger partial charge in [0.2, 0.25) is 11.8 Å². The molecule has 0 aromatic heterocycles. The van der Waals surface area contributed by atoms with E-state index in [2.05, 4.69) is 29.8 Å². The van der Waals surface area contributed by atoms with Gasteiger partial charge in [-0.2, -0.15) is 12.6 Å². The largest absolute Gasteiger partial charge is 0.444 e. The van der Waals surface area contributed by atoms with Crippen molar-refractivity contribution in [3.05, 3.63) is 48.6 Å². The molecule has 1 aliphatic rings. The van der Waals surface area contributed by atoms with Crippen LogP contribution < -0.4 is 10.6 Å². The molecule has 0 aliphatic heterocycles. The monoisotopic (exact) mass is 475 g/mol. The van der Waals surface area contributed by atoms with Crippen molar-refractivity contribution in [2.75, 3.05) is 12.3 Å². The van der Waals surface area contributed by atoms with Crippen LogP contribution in [0.25, 0.3) is 0 Å². The second-order valence-electron chi connectivity index (χ2n) is 9.32. The Morgan fingerprint density at radius 3 is 2.36 bits per heavy atom. The average Bonchev–Trinajstić information content (AvgIpc) is 2.77. The predicted molar refractivity (Wildman–Crippen MR) is 133 cm³/mol. The van der Waals surface area contributed by atoms with E-state index in [4.69, 9.17) is 4.74 Å². The van der Waals surface area contributed by atoms with Crippen LogP contribution in [0, 0.1) is 0 Å². The first kappa shape index (κ1) is 26.8. The molecule has 182 valence electrons. The number of carbonyl (C=O) groups is 3. The summed E-state index contributed by atoms with van der Waals surface area (Å²) >= 11 is 4.27. The van der Waals surface area contributed by atoms with Gasteiger partial charge in [-0.25, -0.2) is 4.79 Å². The molecule has 2 N–H and O–H groups in total. The zero-order chi connectivity index (χ0) is 24.4. The quantitative estimate of drug-likeness (QED) is 0.372. The van der Waals surface area contributed by atoms with Gasteiger partial charge in [0.15, 0.2) is 0 Å². The molecule has 0 heterocycles. The number of benzene rings is 1. The lowest BCUT2D eigenvalue weighted by Crippen LogP contribution is -2.54. The number of thiol groups is 1. The molecule has 0 bridgehead atoms. The summed E-state index contributed by atoms with van der Waals surface area (Å²) in [6.07, 6.45) is 6.07. The number of ether oxygens (including phenoxy) is 1. The van der Waals surface area contributed by atoms with E-state index in [9.17, 15) is 14.4 Å². The van der Waals surface area contributed by atoms with Crippen molar-refractivity contribution < 1.29 is 19.1 Å². The standard InChI is InChI=1S/C25H37N3O4S/c1-5-16-28(23(30)20(17-33)27-24(31)32-25(2,3)4)21(18-12-8-6-9-13-18)22(29)26-19-14-10-7-11-15-19/h5-6,8-9,12-13,19-21,33H,1,7,10-11,14-17H2,2-4H3,(H,26,29)(H,27,31). The van der Waals surface area contributed by atoms with Crippen LogP contribution >= 0.6 is 12.6 Å². The van der Waals surface area contributed by atoms with Gasteiger partial charge in [-0.05, 0) is 39.2 Å². The molecule has 1 saturated carbocycles. The predicted octanol–water partition coefficient (Wildman–Crippen LogP) is 4.01. The maximum absolute atomic E-state index is 13.6. The van der Waals surface area contributed by atoms with E-state index in [0.717, 1.165) is 25.7 Å². The zero-order valence-corrected chi connectivity index (χ0v) is 20.8. The van der Waals surface area contributed by atoms with Gasteiger partial charge in [0.05, 0.1) is 0 Å². The van der Waals surface area contributed by atoms with E-state index in [1.165, 1.54) is 11.3 Å². The molecular weight excluding hydrogens is 438 g/mol. The SMILES string of the molecule is C=CCN(C(=O)C(CS)NC(=O)OC(C)(C)C)C(C(=O)NC1CCCCC1)c1ccccc1. The van der Waals surface area contributed by atoms with Crippen molar-refractivity contribution in [3.8, 4) is 0 Å². The first-order valence-corrected chi connectivity index (χ1v) is 12.2. The summed E-state index contributed by atoms with van der Waals surface area (Å²) in [6.45, 7) is 9.14. The fraction of sp³-hybridized carbons (Fsp3) is 0.560. The minimum absolute atomic E-state index is 0.0530. The minimum Gasteiger partial charge on any atom is -0.444 e. The molecular formula is C25H37N3O4S. The highest BCUT2D eigenvalue weighted by Crippen LogP contribution is 2.25. The van der Waals surface area contributed by atoms with Crippen LogP contribution in [0.2, 0.25) is 0 Å². The Morgan fingerprint density at radius 2 is 1.82 bits per heavy atom. The fourth-order valence-corrected chi connectivity index (χ4v) is 4.18. The second-order valence-corrected chi connectivity index (χ2v) is 9.68. The number of carbonyl (C=O) groups excluding carboxylic acids is 3. The Labute approximate surface area is 202 Å². The third kappa shape index (κ3) is 8.42. The lowest BCUT2D eigenvalue weighted by molar-refractivity contribution is -0.141. The lowest BCUT2D eigenvalue weighted by Gasteiger charge is -2.34. The summed E-state index contributed by atoms with van der Waals surface area (Å²) < 4.78 is 5.30. The Morgan fingerprint density at radius 1 is 1.18 bits per heavy atom. The van der Waals surface area contributed by atoms with Crippen molar-refractivity contribution in [1.82, 2.24) is 15.5 Å². The summed E-state index contributed by atoms with van der Waals surface area (Å²) in [4.78, 5) is 40.8. The molecule has 33 heavy (non-hydrogen) atoms. The van der Waals surface area contributed by atoms with Gasteiger partial charge >= 0.3 is 6.09 Å². The Hall–Kier alpha value is -2.48. The van der Waals surface area contributed by atoms with Crippen LogP contribution in [0.3, 0.4) is 0 Å².